The van der Waals surface area contributed by atoms with Gasteiger partial charge in [0.1, 0.15) is 10.8 Å². The first-order valence-electron chi connectivity index (χ1n) is 9.98. The van der Waals surface area contributed by atoms with Gasteiger partial charge >= 0.3 is 0 Å². The van der Waals surface area contributed by atoms with Crippen LogP contribution in [0.1, 0.15) is 12.5 Å². The van der Waals surface area contributed by atoms with Crippen molar-refractivity contribution in [1.29, 1.82) is 0 Å². The Kier molecular flexibility index (Phi) is 8.22. The average molecular weight is 510 g/mol. The highest BCUT2D eigenvalue weighted by Crippen LogP contribution is 2.37. The van der Waals surface area contributed by atoms with Crippen LogP contribution >= 0.6 is 28.1 Å². The van der Waals surface area contributed by atoms with Crippen molar-refractivity contribution in [3.05, 3.63) is 52.3 Å². The Morgan fingerprint density at radius 2 is 1.87 bits per heavy atom. The fourth-order valence-corrected chi connectivity index (χ4v) is 4.16. The first kappa shape index (κ1) is 23.4. The van der Waals surface area contributed by atoms with Crippen LogP contribution in [0.4, 0.5) is 10.1 Å². The van der Waals surface area contributed by atoms with Gasteiger partial charge in [0, 0.05) is 37.4 Å². The second-order valence-corrected chi connectivity index (χ2v) is 8.30. The molecule has 1 fully saturated rings. The zero-order valence-electron chi connectivity index (χ0n) is 17.5. The molecule has 3 rings (SSSR count). The molecule has 1 aliphatic rings. The lowest BCUT2D eigenvalue weighted by Crippen LogP contribution is -2.48. The number of ether oxygens (including phenoxy) is 2. The van der Waals surface area contributed by atoms with Crippen molar-refractivity contribution in [2.75, 3.05) is 51.8 Å². The van der Waals surface area contributed by atoms with E-state index in [1.807, 2.05) is 12.1 Å². The van der Waals surface area contributed by atoms with Crippen LogP contribution in [0.25, 0.3) is 0 Å². The molecule has 6 nitrogen and oxygen atoms in total. The molecular weight excluding hydrogens is 485 g/mol. The molecule has 0 atom stereocenters. The molecule has 1 amide bonds. The van der Waals surface area contributed by atoms with Crippen LogP contribution in [0.5, 0.6) is 11.5 Å². The van der Waals surface area contributed by atoms with Crippen molar-refractivity contribution in [1.82, 2.24) is 9.80 Å². The maximum Gasteiger partial charge on any atom is 0.262 e. The molecule has 0 unspecified atom stereocenters. The summed E-state index contributed by atoms with van der Waals surface area (Å²) in [4.78, 5) is 17.5. The minimum Gasteiger partial charge on any atom is -0.493 e. The van der Waals surface area contributed by atoms with Gasteiger partial charge in [-0.25, -0.2) is 4.39 Å². The average Bonchev–Trinajstić information content (AvgIpc) is 2.78. The Morgan fingerprint density at radius 3 is 2.48 bits per heavy atom. The number of rotatable bonds is 7. The number of nitrogens with one attached hydrogen (secondary N) is 1. The number of piperazine rings is 1. The zero-order chi connectivity index (χ0) is 22.4. The number of halogens is 2. The van der Waals surface area contributed by atoms with Gasteiger partial charge in [0.2, 0.25) is 0 Å². The van der Waals surface area contributed by atoms with Gasteiger partial charge in [-0.3, -0.25) is 4.79 Å². The van der Waals surface area contributed by atoms with E-state index in [4.69, 9.17) is 21.7 Å². The van der Waals surface area contributed by atoms with Crippen LogP contribution in [0.3, 0.4) is 0 Å². The summed E-state index contributed by atoms with van der Waals surface area (Å²) in [5, 5.41) is 2.66. The molecule has 0 bridgehead atoms. The molecule has 2 aromatic carbocycles. The lowest BCUT2D eigenvalue weighted by Gasteiger charge is -2.35. The molecule has 2 aromatic rings. The van der Waals surface area contributed by atoms with Crippen molar-refractivity contribution >= 4 is 44.7 Å². The maximum absolute atomic E-state index is 13.0. The second-order valence-electron chi connectivity index (χ2n) is 7.06. The van der Waals surface area contributed by atoms with Gasteiger partial charge in [-0.1, -0.05) is 19.1 Å². The number of amides is 1. The van der Waals surface area contributed by atoms with E-state index in [1.54, 1.807) is 7.11 Å². The van der Waals surface area contributed by atoms with E-state index >= 15 is 0 Å². The molecule has 0 saturated carbocycles. The third-order valence-electron chi connectivity index (χ3n) is 5.06. The molecule has 1 heterocycles. The van der Waals surface area contributed by atoms with Crippen molar-refractivity contribution in [3.8, 4) is 11.5 Å². The zero-order valence-corrected chi connectivity index (χ0v) is 19.9. The summed E-state index contributed by atoms with van der Waals surface area (Å²) in [5.41, 5.74) is 1.34. The lowest BCUT2D eigenvalue weighted by molar-refractivity contribution is -0.118. The van der Waals surface area contributed by atoms with E-state index in [-0.39, 0.29) is 18.3 Å². The Hall–Kier alpha value is -2.23. The fourth-order valence-electron chi connectivity index (χ4n) is 3.30. The summed E-state index contributed by atoms with van der Waals surface area (Å²) in [5.74, 6) is 0.162. The predicted molar refractivity (Wildman–Crippen MR) is 127 cm³/mol. The Balaban J connectivity index is 1.65. The highest BCUT2D eigenvalue weighted by molar-refractivity contribution is 9.10. The number of hydrogen-bond acceptors (Lipinski definition) is 5. The second kappa shape index (κ2) is 10.9. The number of likely N-dealkylation sites (N-methyl/N-ethyl adjacent to an activating group) is 1. The molecule has 166 valence electrons. The van der Waals surface area contributed by atoms with Gasteiger partial charge in [0.25, 0.3) is 5.91 Å². The summed E-state index contributed by atoms with van der Waals surface area (Å²) < 4.78 is 24.8. The molecule has 1 saturated heterocycles. The van der Waals surface area contributed by atoms with Gasteiger partial charge in [-0.15, -0.1) is 0 Å². The number of methoxy groups -OCH3 is 1. The van der Waals surface area contributed by atoms with Crippen LogP contribution < -0.4 is 14.8 Å². The lowest BCUT2D eigenvalue weighted by atomic mass is 10.1. The molecule has 0 aliphatic carbocycles. The van der Waals surface area contributed by atoms with Crippen molar-refractivity contribution in [2.24, 2.45) is 0 Å². The Morgan fingerprint density at radius 1 is 1.19 bits per heavy atom. The SMILES string of the molecule is CCN1CCN(C(=S)c2cc(Br)c(OCC(=O)Nc3ccc(F)cc3)c(OC)c2)CC1. The summed E-state index contributed by atoms with van der Waals surface area (Å²) >= 11 is 9.23. The first-order chi connectivity index (χ1) is 14.9. The minimum absolute atomic E-state index is 0.227. The van der Waals surface area contributed by atoms with Gasteiger partial charge in [0.15, 0.2) is 18.1 Å². The van der Waals surface area contributed by atoms with Crippen LogP contribution in [0.2, 0.25) is 0 Å². The van der Waals surface area contributed by atoms with Gasteiger partial charge in [0.05, 0.1) is 11.6 Å². The molecule has 0 aromatic heterocycles. The molecule has 0 radical (unpaired) electrons. The highest BCUT2D eigenvalue weighted by atomic mass is 79.9. The molecule has 1 N–H and O–H groups in total. The molecule has 1 aliphatic heterocycles. The number of hydrogen-bond donors (Lipinski definition) is 1. The number of anilines is 1. The largest absolute Gasteiger partial charge is 0.493 e. The topological polar surface area (TPSA) is 54.0 Å². The summed E-state index contributed by atoms with van der Waals surface area (Å²) in [6, 6.07) is 9.23. The standard InChI is InChI=1S/C22H25BrFN3O3S/c1-3-26-8-10-27(11-9-26)22(31)15-12-18(23)21(19(13-15)29-2)30-14-20(28)25-17-6-4-16(24)5-7-17/h4-7,12-13H,3,8-11,14H2,1-2H3,(H,25,28). The highest BCUT2D eigenvalue weighted by Gasteiger charge is 2.21. The number of benzene rings is 2. The molecule has 31 heavy (non-hydrogen) atoms. The van der Waals surface area contributed by atoms with E-state index < -0.39 is 0 Å². The van der Waals surface area contributed by atoms with Crippen molar-refractivity contribution in [3.63, 3.8) is 0 Å². The van der Waals surface area contributed by atoms with Crippen molar-refractivity contribution < 1.29 is 18.7 Å². The Bertz CT molecular complexity index is 934. The van der Waals surface area contributed by atoms with E-state index in [2.05, 4.69) is 38.0 Å². The van der Waals surface area contributed by atoms with E-state index in [0.29, 0.717) is 21.7 Å². The molecule has 0 spiro atoms. The number of thiocarbonyl (C=S) groups is 1. The van der Waals surface area contributed by atoms with Gasteiger partial charge < -0.3 is 24.6 Å². The number of carbonyl (C=O) groups is 1. The van der Waals surface area contributed by atoms with Crippen molar-refractivity contribution in [2.45, 2.75) is 6.92 Å². The maximum atomic E-state index is 13.0. The summed E-state index contributed by atoms with van der Waals surface area (Å²) in [6.45, 7) is 6.71. The van der Waals surface area contributed by atoms with Gasteiger partial charge in [-0.2, -0.15) is 0 Å². The summed E-state index contributed by atoms with van der Waals surface area (Å²) in [7, 11) is 1.54. The molecule has 9 heteroatoms. The number of nitrogens with zero attached hydrogens (tertiary/aromatic N) is 2. The van der Waals surface area contributed by atoms with Crippen LogP contribution in [-0.2, 0) is 4.79 Å². The third kappa shape index (κ3) is 6.15. The smallest absolute Gasteiger partial charge is 0.262 e. The fraction of sp³-hybridized carbons (Fsp3) is 0.364. The van der Waals surface area contributed by atoms with Crippen LogP contribution in [0.15, 0.2) is 40.9 Å². The third-order valence-corrected chi connectivity index (χ3v) is 6.14. The quantitative estimate of drug-likeness (QED) is 0.570. The van der Waals surface area contributed by atoms with Crippen LogP contribution in [-0.4, -0.2) is 67.1 Å². The minimum atomic E-state index is -0.367. The number of carbonyl (C=O) groups excluding carboxylic acids is 1. The summed E-state index contributed by atoms with van der Waals surface area (Å²) in [6.07, 6.45) is 0. The van der Waals surface area contributed by atoms with E-state index in [1.165, 1.54) is 24.3 Å². The monoisotopic (exact) mass is 509 g/mol. The van der Waals surface area contributed by atoms with E-state index in [9.17, 15) is 9.18 Å². The van der Waals surface area contributed by atoms with E-state index in [0.717, 1.165) is 43.3 Å². The van der Waals surface area contributed by atoms with Crippen LogP contribution in [0, 0.1) is 5.82 Å². The van der Waals surface area contributed by atoms with Gasteiger partial charge in [-0.05, 0) is 58.9 Å². The first-order valence-corrected chi connectivity index (χ1v) is 11.2. The predicted octanol–water partition coefficient (Wildman–Crippen LogP) is 3.93. The Labute approximate surface area is 195 Å². The molecular formula is C22H25BrFN3O3S. The normalized spacial score (nSPS) is 14.3.